The Morgan fingerprint density at radius 3 is 2.87 bits per heavy atom. The highest BCUT2D eigenvalue weighted by molar-refractivity contribution is 7.99. The van der Waals surface area contributed by atoms with E-state index in [9.17, 15) is 4.39 Å². The molecule has 2 aromatic carbocycles. The molecule has 5 heteroatoms. The number of ether oxygens (including phenoxy) is 2. The molecule has 1 fully saturated rings. The van der Waals surface area contributed by atoms with Crippen molar-refractivity contribution >= 4 is 11.8 Å². The first-order valence-corrected chi connectivity index (χ1v) is 8.53. The number of hydrogen-bond donors (Lipinski definition) is 1. The zero-order valence-electron chi connectivity index (χ0n) is 13.0. The molecule has 0 amide bonds. The maximum atomic E-state index is 13.7. The highest BCUT2D eigenvalue weighted by atomic mass is 32.2. The van der Waals surface area contributed by atoms with Crippen LogP contribution >= 0.6 is 11.8 Å². The molecule has 1 aliphatic heterocycles. The van der Waals surface area contributed by atoms with Gasteiger partial charge in [0.15, 0.2) is 0 Å². The van der Waals surface area contributed by atoms with Crippen LogP contribution in [-0.2, 0) is 4.74 Å². The van der Waals surface area contributed by atoms with Gasteiger partial charge in [-0.1, -0.05) is 24.3 Å². The zero-order valence-corrected chi connectivity index (χ0v) is 13.8. The molecule has 0 radical (unpaired) electrons. The Labute approximate surface area is 140 Å². The molecule has 23 heavy (non-hydrogen) atoms. The molecule has 1 heterocycles. The van der Waals surface area contributed by atoms with Gasteiger partial charge >= 0.3 is 0 Å². The molecule has 1 saturated heterocycles. The van der Waals surface area contributed by atoms with E-state index in [4.69, 9.17) is 9.47 Å². The number of methoxy groups -OCH3 is 1. The first kappa shape index (κ1) is 16.3. The van der Waals surface area contributed by atoms with Gasteiger partial charge in [0, 0.05) is 13.1 Å². The van der Waals surface area contributed by atoms with Crippen molar-refractivity contribution in [1.82, 2.24) is 5.32 Å². The fraction of sp³-hybridized carbons (Fsp3) is 0.333. The summed E-state index contributed by atoms with van der Waals surface area (Å²) in [6, 6.07) is 14.6. The topological polar surface area (TPSA) is 30.5 Å². The van der Waals surface area contributed by atoms with Gasteiger partial charge in [-0.15, -0.1) is 11.8 Å². The highest BCUT2D eigenvalue weighted by Gasteiger charge is 2.28. The van der Waals surface area contributed by atoms with E-state index < -0.39 is 0 Å². The van der Waals surface area contributed by atoms with E-state index in [1.165, 1.54) is 6.07 Å². The second-order valence-corrected chi connectivity index (χ2v) is 6.54. The summed E-state index contributed by atoms with van der Waals surface area (Å²) >= 11 is 1.65. The van der Waals surface area contributed by atoms with Crippen molar-refractivity contribution in [2.75, 3.05) is 26.8 Å². The Balaban J connectivity index is 1.91. The molecule has 0 unspecified atom stereocenters. The Morgan fingerprint density at radius 2 is 2.13 bits per heavy atom. The van der Waals surface area contributed by atoms with Gasteiger partial charge in [0.1, 0.15) is 11.6 Å². The summed E-state index contributed by atoms with van der Waals surface area (Å²) in [5, 5.41) is 3.35. The molecule has 0 aromatic heterocycles. The summed E-state index contributed by atoms with van der Waals surface area (Å²) in [4.78, 5) is 1.03. The van der Waals surface area contributed by atoms with Crippen LogP contribution in [0.5, 0.6) is 5.75 Å². The molecule has 1 aliphatic rings. The summed E-state index contributed by atoms with van der Waals surface area (Å²) < 4.78 is 25.1. The largest absolute Gasteiger partial charge is 0.496 e. The second-order valence-electron chi connectivity index (χ2n) is 5.36. The van der Waals surface area contributed by atoms with Gasteiger partial charge in [-0.25, -0.2) is 4.39 Å². The predicted molar refractivity (Wildman–Crippen MR) is 90.6 cm³/mol. The lowest BCUT2D eigenvalue weighted by Gasteiger charge is -2.31. The Hall–Kier alpha value is -1.56. The number of para-hydroxylation sites is 1. The first-order chi connectivity index (χ1) is 11.3. The highest BCUT2D eigenvalue weighted by Crippen LogP contribution is 2.43. The molecule has 0 bridgehead atoms. The predicted octanol–water partition coefficient (Wildman–Crippen LogP) is 3.66. The Bertz CT molecular complexity index is 646. The van der Waals surface area contributed by atoms with Gasteiger partial charge in [0.2, 0.25) is 0 Å². The van der Waals surface area contributed by atoms with Crippen LogP contribution in [-0.4, -0.2) is 32.9 Å². The smallest absolute Gasteiger partial charge is 0.132 e. The molecule has 3 rings (SSSR count). The minimum absolute atomic E-state index is 0.00481. The minimum Gasteiger partial charge on any atom is -0.496 e. The number of benzene rings is 2. The molecule has 0 aliphatic carbocycles. The summed E-state index contributed by atoms with van der Waals surface area (Å²) in [7, 11) is 1.66. The van der Waals surface area contributed by atoms with E-state index in [2.05, 4.69) is 5.32 Å². The SMILES string of the molecule is COc1ccccc1S[C@H](c1cccc(F)c1)[C@H]1CNCCO1. The van der Waals surface area contributed by atoms with E-state index in [-0.39, 0.29) is 17.2 Å². The van der Waals surface area contributed by atoms with E-state index >= 15 is 0 Å². The van der Waals surface area contributed by atoms with Crippen LogP contribution in [0, 0.1) is 5.82 Å². The van der Waals surface area contributed by atoms with Crippen LogP contribution < -0.4 is 10.1 Å². The van der Waals surface area contributed by atoms with Crippen molar-refractivity contribution in [2.24, 2.45) is 0 Å². The maximum Gasteiger partial charge on any atom is 0.132 e. The standard InChI is InChI=1S/C18H20FNO2S/c1-21-15-7-2-3-8-17(15)23-18(16-12-20-9-10-22-16)13-5-4-6-14(19)11-13/h2-8,11,16,18,20H,9-10,12H2,1H3/t16-,18-/m1/s1. The first-order valence-electron chi connectivity index (χ1n) is 7.65. The molecule has 122 valence electrons. The van der Waals surface area contributed by atoms with Crippen molar-refractivity contribution in [3.63, 3.8) is 0 Å². The van der Waals surface area contributed by atoms with Crippen molar-refractivity contribution < 1.29 is 13.9 Å². The summed E-state index contributed by atoms with van der Waals surface area (Å²) in [5.74, 6) is 0.597. The number of thioether (sulfide) groups is 1. The van der Waals surface area contributed by atoms with Gasteiger partial charge in [0.05, 0.1) is 30.0 Å². The average molecular weight is 333 g/mol. The lowest BCUT2D eigenvalue weighted by Crippen LogP contribution is -2.41. The van der Waals surface area contributed by atoms with E-state index in [0.717, 1.165) is 29.3 Å². The number of rotatable bonds is 5. The number of halogens is 1. The van der Waals surface area contributed by atoms with Gasteiger partial charge in [-0.2, -0.15) is 0 Å². The van der Waals surface area contributed by atoms with Crippen LogP contribution in [0.25, 0.3) is 0 Å². The van der Waals surface area contributed by atoms with Crippen molar-refractivity contribution in [3.8, 4) is 5.75 Å². The Kier molecular flexibility index (Phi) is 5.54. The maximum absolute atomic E-state index is 13.7. The van der Waals surface area contributed by atoms with Crippen molar-refractivity contribution in [1.29, 1.82) is 0 Å². The lowest BCUT2D eigenvalue weighted by molar-refractivity contribution is 0.0273. The molecule has 0 spiro atoms. The van der Waals surface area contributed by atoms with Gasteiger partial charge < -0.3 is 14.8 Å². The fourth-order valence-electron chi connectivity index (χ4n) is 2.68. The molecule has 2 atom stereocenters. The molecule has 2 aromatic rings. The minimum atomic E-state index is -0.225. The quantitative estimate of drug-likeness (QED) is 0.846. The molecule has 1 N–H and O–H groups in total. The van der Waals surface area contributed by atoms with Crippen LogP contribution in [0.3, 0.4) is 0 Å². The van der Waals surface area contributed by atoms with E-state index in [1.54, 1.807) is 31.0 Å². The number of morpholine rings is 1. The normalized spacial score (nSPS) is 19.3. The molecular formula is C18H20FNO2S. The second kappa shape index (κ2) is 7.81. The van der Waals surface area contributed by atoms with Crippen LogP contribution in [0.4, 0.5) is 4.39 Å². The van der Waals surface area contributed by atoms with E-state index in [1.807, 2.05) is 30.3 Å². The van der Waals surface area contributed by atoms with Crippen molar-refractivity contribution in [2.45, 2.75) is 16.2 Å². The fourth-order valence-corrected chi connectivity index (χ4v) is 3.98. The summed E-state index contributed by atoms with van der Waals surface area (Å²) in [6.07, 6.45) is -0.0135. The van der Waals surface area contributed by atoms with Crippen LogP contribution in [0.1, 0.15) is 10.8 Å². The van der Waals surface area contributed by atoms with E-state index in [0.29, 0.717) is 6.61 Å². The van der Waals surface area contributed by atoms with Gasteiger partial charge in [-0.3, -0.25) is 0 Å². The third-order valence-electron chi connectivity index (χ3n) is 3.79. The van der Waals surface area contributed by atoms with Crippen molar-refractivity contribution in [3.05, 3.63) is 59.9 Å². The summed E-state index contributed by atoms with van der Waals surface area (Å²) in [6.45, 7) is 2.28. The van der Waals surface area contributed by atoms with Crippen LogP contribution in [0.2, 0.25) is 0 Å². The molecule has 0 saturated carbocycles. The number of hydrogen-bond acceptors (Lipinski definition) is 4. The third-order valence-corrected chi connectivity index (χ3v) is 5.22. The summed E-state index contributed by atoms with van der Waals surface area (Å²) in [5.41, 5.74) is 0.926. The third kappa shape index (κ3) is 4.05. The zero-order chi connectivity index (χ0) is 16.1. The van der Waals surface area contributed by atoms with Gasteiger partial charge in [0.25, 0.3) is 0 Å². The molecule has 3 nitrogen and oxygen atoms in total. The lowest BCUT2D eigenvalue weighted by atomic mass is 10.1. The number of nitrogens with one attached hydrogen (secondary N) is 1. The van der Waals surface area contributed by atoms with Crippen LogP contribution in [0.15, 0.2) is 53.4 Å². The molecular weight excluding hydrogens is 313 g/mol. The average Bonchev–Trinajstić information content (AvgIpc) is 2.60. The van der Waals surface area contributed by atoms with Gasteiger partial charge in [-0.05, 0) is 29.8 Å². The monoisotopic (exact) mass is 333 g/mol. The Morgan fingerprint density at radius 1 is 1.26 bits per heavy atom.